The Kier molecular flexibility index (Phi) is 3.70. The molecule has 1 saturated heterocycles. The van der Waals surface area contributed by atoms with E-state index in [0.717, 1.165) is 12.8 Å². The normalized spacial score (nSPS) is 29.8. The summed E-state index contributed by atoms with van der Waals surface area (Å²) in [6, 6.07) is -0.207. The molecule has 4 rings (SSSR count). The number of fused-ring (bicyclic) bond motifs is 2. The Hall–Kier alpha value is -1.77. The number of hydrogen-bond acceptors (Lipinski definition) is 6. The summed E-state index contributed by atoms with van der Waals surface area (Å²) in [5, 5.41) is 11.8. The van der Waals surface area contributed by atoms with Crippen molar-refractivity contribution >= 4 is 22.2 Å². The largest absolute Gasteiger partial charge is 0.393 e. The highest BCUT2D eigenvalue weighted by Gasteiger charge is 2.52. The van der Waals surface area contributed by atoms with Gasteiger partial charge in [-0.3, -0.25) is 14.0 Å². The molecule has 128 valence electrons. The van der Waals surface area contributed by atoms with E-state index in [-0.39, 0.29) is 23.1 Å². The lowest BCUT2D eigenvalue weighted by atomic mass is 9.79. The van der Waals surface area contributed by atoms with E-state index in [9.17, 15) is 14.7 Å². The number of carbonyl (C=O) groups excluding carboxylic acids is 1. The van der Waals surface area contributed by atoms with Gasteiger partial charge >= 0.3 is 0 Å². The van der Waals surface area contributed by atoms with E-state index in [2.05, 4.69) is 4.98 Å². The number of amides is 1. The van der Waals surface area contributed by atoms with Crippen LogP contribution in [0.25, 0.3) is 4.96 Å². The smallest absolute Gasteiger partial charge is 0.271 e. The summed E-state index contributed by atoms with van der Waals surface area (Å²) in [4.78, 5) is 32.0. The van der Waals surface area contributed by atoms with Gasteiger partial charge in [-0.1, -0.05) is 0 Å². The SMILES string of the molecule is CO[C@]12CC[C@@H](O)C[C@H]1N(C(=O)c1cnc3sccn3c1=O)CC2. The van der Waals surface area contributed by atoms with E-state index in [0.29, 0.717) is 24.3 Å². The van der Waals surface area contributed by atoms with Crippen molar-refractivity contribution in [2.75, 3.05) is 13.7 Å². The minimum Gasteiger partial charge on any atom is -0.393 e. The van der Waals surface area contributed by atoms with E-state index < -0.39 is 11.7 Å². The van der Waals surface area contributed by atoms with Crippen molar-refractivity contribution < 1.29 is 14.6 Å². The van der Waals surface area contributed by atoms with Crippen LogP contribution in [0.4, 0.5) is 0 Å². The van der Waals surface area contributed by atoms with E-state index in [1.54, 1.807) is 23.6 Å². The Morgan fingerprint density at radius 3 is 3.12 bits per heavy atom. The molecule has 0 radical (unpaired) electrons. The zero-order valence-electron chi connectivity index (χ0n) is 13.3. The third kappa shape index (κ3) is 2.21. The number of likely N-dealkylation sites (tertiary alicyclic amines) is 1. The molecule has 0 aromatic carbocycles. The zero-order valence-corrected chi connectivity index (χ0v) is 14.2. The average Bonchev–Trinajstić information content (AvgIpc) is 3.20. The Morgan fingerprint density at radius 1 is 1.50 bits per heavy atom. The number of rotatable bonds is 2. The first kappa shape index (κ1) is 15.7. The van der Waals surface area contributed by atoms with Gasteiger partial charge in [0, 0.05) is 31.4 Å². The molecule has 1 amide bonds. The van der Waals surface area contributed by atoms with Gasteiger partial charge in [0.1, 0.15) is 5.56 Å². The summed E-state index contributed by atoms with van der Waals surface area (Å²) in [6.45, 7) is 0.524. The van der Waals surface area contributed by atoms with E-state index in [1.165, 1.54) is 21.9 Å². The van der Waals surface area contributed by atoms with Crippen LogP contribution in [0, 0.1) is 0 Å². The second-order valence-electron chi connectivity index (χ2n) is 6.49. The number of aliphatic hydroxyl groups excluding tert-OH is 1. The minimum atomic E-state index is -0.440. The molecular weight excluding hydrogens is 330 g/mol. The summed E-state index contributed by atoms with van der Waals surface area (Å²) in [6.07, 6.45) is 5.15. The van der Waals surface area contributed by atoms with Crippen molar-refractivity contribution in [3.63, 3.8) is 0 Å². The van der Waals surface area contributed by atoms with Gasteiger partial charge in [0.25, 0.3) is 11.5 Å². The number of hydrogen-bond donors (Lipinski definition) is 1. The zero-order chi connectivity index (χ0) is 16.9. The maximum atomic E-state index is 13.0. The first-order valence-corrected chi connectivity index (χ1v) is 8.93. The van der Waals surface area contributed by atoms with Crippen molar-refractivity contribution in [1.82, 2.24) is 14.3 Å². The fourth-order valence-corrected chi connectivity index (χ4v) is 4.72. The second kappa shape index (κ2) is 5.65. The second-order valence-corrected chi connectivity index (χ2v) is 7.37. The maximum absolute atomic E-state index is 13.0. The van der Waals surface area contributed by atoms with E-state index >= 15 is 0 Å². The van der Waals surface area contributed by atoms with Crippen LogP contribution in [0.15, 0.2) is 22.6 Å². The molecule has 2 fully saturated rings. The van der Waals surface area contributed by atoms with Crippen LogP contribution in [-0.2, 0) is 4.74 Å². The Morgan fingerprint density at radius 2 is 2.33 bits per heavy atom. The highest BCUT2D eigenvalue weighted by Crippen LogP contribution is 2.42. The Bertz CT molecular complexity index is 847. The predicted octanol–water partition coefficient (Wildman–Crippen LogP) is 0.901. The first-order chi connectivity index (χ1) is 11.6. The maximum Gasteiger partial charge on any atom is 0.271 e. The predicted molar refractivity (Wildman–Crippen MR) is 88.4 cm³/mol. The first-order valence-electron chi connectivity index (χ1n) is 8.05. The number of carbonyl (C=O) groups is 1. The fraction of sp³-hybridized carbons (Fsp3) is 0.562. The molecule has 7 nitrogen and oxygen atoms in total. The lowest BCUT2D eigenvalue weighted by Crippen LogP contribution is -2.53. The molecule has 1 aliphatic carbocycles. The molecule has 1 saturated carbocycles. The molecule has 2 aromatic rings. The molecule has 1 N–H and O–H groups in total. The van der Waals surface area contributed by atoms with Gasteiger partial charge in [-0.2, -0.15) is 0 Å². The summed E-state index contributed by atoms with van der Waals surface area (Å²) in [5.74, 6) is -0.328. The summed E-state index contributed by atoms with van der Waals surface area (Å²) >= 11 is 1.35. The van der Waals surface area contributed by atoms with Gasteiger partial charge in [-0.05, 0) is 25.7 Å². The topological polar surface area (TPSA) is 84.1 Å². The van der Waals surface area contributed by atoms with Gasteiger partial charge in [0.05, 0.1) is 17.7 Å². The Labute approximate surface area is 142 Å². The molecule has 2 aromatic heterocycles. The van der Waals surface area contributed by atoms with Crippen LogP contribution >= 0.6 is 11.3 Å². The van der Waals surface area contributed by atoms with Gasteiger partial charge in [0.2, 0.25) is 0 Å². The van der Waals surface area contributed by atoms with Crippen LogP contribution in [0.3, 0.4) is 0 Å². The van der Waals surface area contributed by atoms with Crippen LogP contribution in [-0.4, -0.2) is 56.7 Å². The molecular formula is C16H19N3O4S. The molecule has 0 bridgehead atoms. The average molecular weight is 349 g/mol. The van der Waals surface area contributed by atoms with Gasteiger partial charge in [-0.15, -0.1) is 11.3 Å². The fourth-order valence-electron chi connectivity index (χ4n) is 4.05. The standard InChI is InChI=1S/C16H19N3O4S/c1-23-16-3-2-10(20)8-12(16)18(5-4-16)13(21)11-9-17-15-19(14(11)22)6-7-24-15/h6-7,9-10,12,20H,2-5,8H2,1H3/t10-,12-,16+/m1/s1. The summed E-state index contributed by atoms with van der Waals surface area (Å²) in [7, 11) is 1.66. The van der Waals surface area contributed by atoms with Crippen LogP contribution in [0.2, 0.25) is 0 Å². The van der Waals surface area contributed by atoms with Crippen molar-refractivity contribution in [2.24, 2.45) is 0 Å². The van der Waals surface area contributed by atoms with E-state index in [4.69, 9.17) is 4.74 Å². The molecule has 0 unspecified atom stereocenters. The Balaban J connectivity index is 1.71. The highest BCUT2D eigenvalue weighted by molar-refractivity contribution is 7.15. The molecule has 3 heterocycles. The highest BCUT2D eigenvalue weighted by atomic mass is 32.1. The van der Waals surface area contributed by atoms with Crippen LogP contribution in [0.1, 0.15) is 36.0 Å². The van der Waals surface area contributed by atoms with E-state index in [1.807, 2.05) is 0 Å². The molecule has 8 heteroatoms. The summed E-state index contributed by atoms with van der Waals surface area (Å²) in [5.41, 5.74) is -0.694. The number of nitrogens with zero attached hydrogens (tertiary/aromatic N) is 3. The van der Waals surface area contributed by atoms with Crippen molar-refractivity contribution in [3.8, 4) is 0 Å². The van der Waals surface area contributed by atoms with Gasteiger partial charge in [-0.25, -0.2) is 4.98 Å². The van der Waals surface area contributed by atoms with Crippen LogP contribution in [0.5, 0.6) is 0 Å². The minimum absolute atomic E-state index is 0.0675. The molecule has 0 spiro atoms. The van der Waals surface area contributed by atoms with Crippen molar-refractivity contribution in [2.45, 2.75) is 43.4 Å². The number of thiazole rings is 1. The lowest BCUT2D eigenvalue weighted by molar-refractivity contribution is -0.0824. The molecule has 2 aliphatic rings. The number of ether oxygens (including phenoxy) is 1. The summed E-state index contributed by atoms with van der Waals surface area (Å²) < 4.78 is 7.15. The number of aromatic nitrogens is 2. The molecule has 1 aliphatic heterocycles. The molecule has 24 heavy (non-hydrogen) atoms. The van der Waals surface area contributed by atoms with Crippen molar-refractivity contribution in [3.05, 3.63) is 33.7 Å². The van der Waals surface area contributed by atoms with Gasteiger partial charge in [0.15, 0.2) is 4.96 Å². The van der Waals surface area contributed by atoms with Crippen molar-refractivity contribution in [1.29, 1.82) is 0 Å². The monoisotopic (exact) mass is 349 g/mol. The number of methoxy groups -OCH3 is 1. The lowest BCUT2D eigenvalue weighted by Gasteiger charge is -2.42. The third-order valence-corrected chi connectivity index (χ3v) is 6.17. The molecule has 3 atom stereocenters. The van der Waals surface area contributed by atoms with Gasteiger partial charge < -0.3 is 14.7 Å². The third-order valence-electron chi connectivity index (χ3n) is 5.40. The number of aliphatic hydroxyl groups is 1. The quantitative estimate of drug-likeness (QED) is 0.871. The van der Waals surface area contributed by atoms with Crippen LogP contribution < -0.4 is 5.56 Å².